The van der Waals surface area contributed by atoms with E-state index < -0.39 is 0 Å². The Bertz CT molecular complexity index is 613. The van der Waals surface area contributed by atoms with E-state index in [-0.39, 0.29) is 6.10 Å². The second kappa shape index (κ2) is 6.38. The van der Waals surface area contributed by atoms with E-state index in [1.54, 1.807) is 0 Å². The summed E-state index contributed by atoms with van der Waals surface area (Å²) in [6.07, 6.45) is 5.59. The van der Waals surface area contributed by atoms with Gasteiger partial charge < -0.3 is 14.4 Å². The predicted octanol–water partition coefficient (Wildman–Crippen LogP) is 2.70. The zero-order valence-electron chi connectivity index (χ0n) is 13.7. The first-order chi connectivity index (χ1) is 11.3. The summed E-state index contributed by atoms with van der Waals surface area (Å²) >= 11 is 0. The van der Waals surface area contributed by atoms with Crippen LogP contribution in [0.4, 0.5) is 5.69 Å². The molecule has 1 aromatic rings. The number of hydrogen-bond acceptors (Lipinski definition) is 4. The van der Waals surface area contributed by atoms with Crippen molar-refractivity contribution in [1.29, 1.82) is 0 Å². The van der Waals surface area contributed by atoms with E-state index in [1.807, 2.05) is 0 Å². The summed E-state index contributed by atoms with van der Waals surface area (Å²) < 4.78 is 11.0. The van der Waals surface area contributed by atoms with E-state index in [0.717, 1.165) is 44.9 Å². The molecule has 0 spiro atoms. The number of ether oxygens (including phenoxy) is 2. The molecule has 2 fully saturated rings. The van der Waals surface area contributed by atoms with Gasteiger partial charge in [-0.25, -0.2) is 0 Å². The minimum absolute atomic E-state index is 0.164. The first-order valence-electron chi connectivity index (χ1n) is 8.47. The number of anilines is 1. The van der Waals surface area contributed by atoms with Crippen LogP contribution in [0.25, 0.3) is 0 Å². The zero-order chi connectivity index (χ0) is 15.6. The van der Waals surface area contributed by atoms with Crippen molar-refractivity contribution >= 4 is 5.69 Å². The molecule has 2 heterocycles. The smallest absolute Gasteiger partial charge is 0.189 e. The van der Waals surface area contributed by atoms with Gasteiger partial charge in [-0.3, -0.25) is 4.90 Å². The third-order valence-electron chi connectivity index (χ3n) is 4.91. The maximum absolute atomic E-state index is 5.53. The van der Waals surface area contributed by atoms with E-state index in [4.69, 9.17) is 9.47 Å². The lowest BCUT2D eigenvalue weighted by Gasteiger charge is -2.36. The van der Waals surface area contributed by atoms with Crippen molar-refractivity contribution in [3.05, 3.63) is 53.3 Å². The average Bonchev–Trinajstić information content (AvgIpc) is 3.04. The molecular weight excluding hydrogens is 288 g/mol. The molecule has 1 atom stereocenters. The van der Waals surface area contributed by atoms with Crippen molar-refractivity contribution in [3.8, 4) is 0 Å². The highest BCUT2D eigenvalue weighted by Crippen LogP contribution is 2.27. The number of piperazine rings is 1. The molecule has 2 saturated heterocycles. The predicted molar refractivity (Wildman–Crippen MR) is 91.4 cm³/mol. The summed E-state index contributed by atoms with van der Waals surface area (Å²) in [6, 6.07) is 8.86. The van der Waals surface area contributed by atoms with Crippen molar-refractivity contribution in [1.82, 2.24) is 4.90 Å². The summed E-state index contributed by atoms with van der Waals surface area (Å²) in [4.78, 5) is 5.01. The number of fused-ring (bicyclic) bond motifs is 1. The van der Waals surface area contributed by atoms with Crippen molar-refractivity contribution < 1.29 is 9.47 Å². The maximum atomic E-state index is 5.53. The Labute approximate surface area is 138 Å². The van der Waals surface area contributed by atoms with E-state index >= 15 is 0 Å². The van der Waals surface area contributed by atoms with E-state index in [0.29, 0.717) is 6.79 Å². The van der Waals surface area contributed by atoms with Crippen LogP contribution >= 0.6 is 0 Å². The first-order valence-corrected chi connectivity index (χ1v) is 8.47. The summed E-state index contributed by atoms with van der Waals surface area (Å²) in [6.45, 7) is 7.96. The van der Waals surface area contributed by atoms with Gasteiger partial charge in [0.2, 0.25) is 0 Å². The zero-order valence-corrected chi connectivity index (χ0v) is 13.7. The molecule has 23 heavy (non-hydrogen) atoms. The Morgan fingerprint density at radius 2 is 1.87 bits per heavy atom. The highest BCUT2D eigenvalue weighted by Gasteiger charge is 2.26. The summed E-state index contributed by atoms with van der Waals surface area (Å²) in [5, 5.41) is 0. The van der Waals surface area contributed by atoms with Gasteiger partial charge in [0.15, 0.2) is 6.79 Å². The first kappa shape index (κ1) is 14.8. The fourth-order valence-electron chi connectivity index (χ4n) is 3.47. The van der Waals surface area contributed by atoms with Crippen molar-refractivity contribution in [2.24, 2.45) is 0 Å². The van der Waals surface area contributed by atoms with Crippen molar-refractivity contribution in [2.45, 2.75) is 19.4 Å². The van der Waals surface area contributed by atoms with Crippen LogP contribution in [0.2, 0.25) is 0 Å². The maximum Gasteiger partial charge on any atom is 0.189 e. The Morgan fingerprint density at radius 3 is 2.65 bits per heavy atom. The Morgan fingerprint density at radius 1 is 1.09 bits per heavy atom. The number of benzene rings is 1. The summed E-state index contributed by atoms with van der Waals surface area (Å²) in [5.74, 6) is 1.01. The second-order valence-electron chi connectivity index (χ2n) is 6.58. The fraction of sp³-hybridized carbons (Fsp3) is 0.474. The van der Waals surface area contributed by atoms with E-state index in [2.05, 4.69) is 53.1 Å². The molecule has 0 aromatic heterocycles. The topological polar surface area (TPSA) is 24.9 Å². The molecule has 4 heteroatoms. The van der Waals surface area contributed by atoms with Crippen LogP contribution in [0.3, 0.4) is 0 Å². The van der Waals surface area contributed by atoms with Crippen LogP contribution in [0.15, 0.2) is 47.7 Å². The molecule has 1 aliphatic carbocycles. The summed E-state index contributed by atoms with van der Waals surface area (Å²) in [5.41, 5.74) is 4.03. The molecule has 0 saturated carbocycles. The van der Waals surface area contributed by atoms with Gasteiger partial charge in [-0.05, 0) is 37.1 Å². The molecule has 3 aliphatic rings. The standard InChI is InChI=1S/C19H24N2O2/c1-15-2-5-17(6-3-15)21-10-8-20(9-11-21)13-16-4-7-18-19(12-16)23-14-22-18/h2-6,12,18H,7-11,13-14H2,1H3. The van der Waals surface area contributed by atoms with Crippen molar-refractivity contribution in [3.63, 3.8) is 0 Å². The van der Waals surface area contributed by atoms with Crippen LogP contribution < -0.4 is 4.90 Å². The van der Waals surface area contributed by atoms with Gasteiger partial charge >= 0.3 is 0 Å². The SMILES string of the molecule is Cc1ccc(N2CCN(CC3=CCC4OCOC4=C3)CC2)cc1. The van der Waals surface area contributed by atoms with Crippen molar-refractivity contribution in [2.75, 3.05) is 44.4 Å². The van der Waals surface area contributed by atoms with Gasteiger partial charge in [0.05, 0.1) is 0 Å². The third kappa shape index (κ3) is 3.28. The lowest BCUT2D eigenvalue weighted by Crippen LogP contribution is -2.47. The molecule has 0 radical (unpaired) electrons. The number of aryl methyl sites for hydroxylation is 1. The molecule has 1 unspecified atom stereocenters. The Kier molecular flexibility index (Phi) is 4.10. The van der Waals surface area contributed by atoms with Gasteiger partial charge in [0.25, 0.3) is 0 Å². The highest BCUT2D eigenvalue weighted by molar-refractivity contribution is 5.48. The van der Waals surface area contributed by atoms with Crippen LogP contribution in [-0.2, 0) is 9.47 Å². The molecule has 4 nitrogen and oxygen atoms in total. The van der Waals surface area contributed by atoms with Crippen LogP contribution in [0.1, 0.15) is 12.0 Å². The lowest BCUT2D eigenvalue weighted by atomic mass is 10.0. The molecule has 0 amide bonds. The van der Waals surface area contributed by atoms with Crippen LogP contribution in [0.5, 0.6) is 0 Å². The minimum Gasteiger partial charge on any atom is -0.469 e. The normalized spacial score (nSPS) is 24.7. The molecule has 4 rings (SSSR count). The number of rotatable bonds is 3. The van der Waals surface area contributed by atoms with Gasteiger partial charge in [0, 0.05) is 38.4 Å². The molecule has 2 aliphatic heterocycles. The molecule has 1 aromatic carbocycles. The van der Waals surface area contributed by atoms with E-state index in [1.165, 1.54) is 16.8 Å². The largest absolute Gasteiger partial charge is 0.469 e. The molecule has 122 valence electrons. The third-order valence-corrected chi connectivity index (χ3v) is 4.91. The average molecular weight is 312 g/mol. The Balaban J connectivity index is 1.32. The molecule has 0 N–H and O–H groups in total. The molecule has 0 bridgehead atoms. The quantitative estimate of drug-likeness (QED) is 0.857. The van der Waals surface area contributed by atoms with Gasteiger partial charge in [-0.1, -0.05) is 23.8 Å². The number of hydrogen-bond donors (Lipinski definition) is 0. The lowest BCUT2D eigenvalue weighted by molar-refractivity contribution is 0.0508. The van der Waals surface area contributed by atoms with Gasteiger partial charge in [-0.2, -0.15) is 0 Å². The van der Waals surface area contributed by atoms with E-state index in [9.17, 15) is 0 Å². The second-order valence-corrected chi connectivity index (χ2v) is 6.58. The van der Waals surface area contributed by atoms with Crippen LogP contribution in [-0.4, -0.2) is 50.5 Å². The van der Waals surface area contributed by atoms with Gasteiger partial charge in [-0.15, -0.1) is 0 Å². The monoisotopic (exact) mass is 312 g/mol. The summed E-state index contributed by atoms with van der Waals surface area (Å²) in [7, 11) is 0. The highest BCUT2D eigenvalue weighted by atomic mass is 16.7. The fourth-order valence-corrected chi connectivity index (χ4v) is 3.47. The minimum atomic E-state index is 0.164. The van der Waals surface area contributed by atoms with Gasteiger partial charge in [0.1, 0.15) is 11.9 Å². The molecular formula is C19H24N2O2. The van der Waals surface area contributed by atoms with Crippen LogP contribution in [0, 0.1) is 6.92 Å². The Hall–Kier alpha value is -1.78. The number of nitrogens with zero attached hydrogens (tertiary/aromatic N) is 2.